The highest BCUT2D eigenvalue weighted by Crippen LogP contribution is 2.48. The van der Waals surface area contributed by atoms with Crippen LogP contribution in [-0.4, -0.2) is 17.2 Å². The molecule has 212 valence electrons. The van der Waals surface area contributed by atoms with Crippen molar-refractivity contribution in [3.8, 4) is 22.5 Å². The van der Waals surface area contributed by atoms with Crippen LogP contribution in [0.25, 0.3) is 33.4 Å². The fourth-order valence-corrected chi connectivity index (χ4v) is 6.18. The highest BCUT2D eigenvalue weighted by atomic mass is 127. The van der Waals surface area contributed by atoms with Crippen LogP contribution in [0.15, 0.2) is 95.4 Å². The lowest BCUT2D eigenvalue weighted by atomic mass is 9.93. The van der Waals surface area contributed by atoms with Crippen LogP contribution in [0.4, 0.5) is 10.5 Å². The van der Waals surface area contributed by atoms with Crippen molar-refractivity contribution >= 4 is 51.3 Å². The third-order valence-electron chi connectivity index (χ3n) is 8.07. The van der Waals surface area contributed by atoms with E-state index in [9.17, 15) is 14.7 Å². The molecule has 0 saturated heterocycles. The van der Waals surface area contributed by atoms with Gasteiger partial charge in [-0.25, -0.2) is 4.79 Å². The number of alkyl halides is 1. The van der Waals surface area contributed by atoms with Crippen molar-refractivity contribution in [3.63, 3.8) is 0 Å². The lowest BCUT2D eigenvalue weighted by Crippen LogP contribution is -2.19. The molecule has 1 aliphatic carbocycles. The molecule has 1 aliphatic rings. The maximum atomic E-state index is 13.2. The van der Waals surface area contributed by atoms with E-state index in [1.807, 2.05) is 105 Å². The van der Waals surface area contributed by atoms with Gasteiger partial charge in [-0.2, -0.15) is 0 Å². The minimum atomic E-state index is -0.756. The molecule has 1 aromatic heterocycles. The third kappa shape index (κ3) is 5.29. The van der Waals surface area contributed by atoms with Crippen LogP contribution < -0.4 is 5.32 Å². The van der Waals surface area contributed by atoms with Gasteiger partial charge in [0, 0.05) is 15.4 Å². The fourth-order valence-electron chi connectivity index (χ4n) is 5.49. The number of hydrogen-bond donors (Lipinski definition) is 2. The highest BCUT2D eigenvalue weighted by Gasteiger charge is 2.51. The second kappa shape index (κ2) is 11.3. The summed E-state index contributed by atoms with van der Waals surface area (Å²) < 4.78 is 12.9. The van der Waals surface area contributed by atoms with Gasteiger partial charge in [-0.15, -0.1) is 0 Å². The molecule has 4 aromatic carbocycles. The van der Waals surface area contributed by atoms with Gasteiger partial charge in [0.05, 0.1) is 11.1 Å². The van der Waals surface area contributed by atoms with Crippen LogP contribution in [0.2, 0.25) is 0 Å². The van der Waals surface area contributed by atoms with Crippen LogP contribution in [-0.2, 0) is 19.4 Å². The van der Waals surface area contributed by atoms with E-state index in [1.54, 1.807) is 0 Å². The second-order valence-electron chi connectivity index (χ2n) is 10.9. The first-order chi connectivity index (χ1) is 20.3. The van der Waals surface area contributed by atoms with Gasteiger partial charge in [0.15, 0.2) is 5.76 Å². The first kappa shape index (κ1) is 28.0. The molecule has 5 aromatic rings. The van der Waals surface area contributed by atoms with E-state index in [0.29, 0.717) is 29.9 Å². The van der Waals surface area contributed by atoms with Gasteiger partial charge in [0.1, 0.15) is 11.7 Å². The zero-order valence-electron chi connectivity index (χ0n) is 23.3. The molecule has 1 fully saturated rings. The van der Waals surface area contributed by atoms with Crippen molar-refractivity contribution in [1.82, 2.24) is 0 Å². The van der Waals surface area contributed by atoms with Crippen molar-refractivity contribution in [2.45, 2.75) is 42.6 Å². The number of carboxylic acid groups (broad SMARTS) is 1. The molecule has 1 heterocycles. The quantitative estimate of drug-likeness (QED) is 0.127. The number of furan rings is 1. The number of benzene rings is 4. The molecule has 42 heavy (non-hydrogen) atoms. The summed E-state index contributed by atoms with van der Waals surface area (Å²) in [5.41, 5.74) is 7.33. The van der Waals surface area contributed by atoms with Crippen LogP contribution in [0, 0.1) is 6.92 Å². The van der Waals surface area contributed by atoms with Crippen molar-refractivity contribution < 1.29 is 23.8 Å². The number of halogens is 1. The number of aryl methyl sites for hydroxylation is 1. The zero-order chi connectivity index (χ0) is 29.4. The summed E-state index contributed by atoms with van der Waals surface area (Å²) in [4.78, 5) is 24.8. The Morgan fingerprint density at radius 2 is 1.60 bits per heavy atom. The fraction of sp³-hybridized carbons (Fsp3) is 0.200. The SMILES string of the molecule is Cc1ccc2c(NC(=O)O[C@H](C)c3ccccc3CI)c(-c3ccc(-c4ccc(C5(C(=O)O)CC5)cc4)cc3)oc2c1. The Balaban J connectivity index is 1.27. The molecule has 1 atom stereocenters. The molecule has 1 amide bonds. The number of fused-ring (bicyclic) bond motifs is 1. The van der Waals surface area contributed by atoms with Crippen LogP contribution in [0.1, 0.15) is 48.1 Å². The van der Waals surface area contributed by atoms with E-state index in [0.717, 1.165) is 48.8 Å². The maximum Gasteiger partial charge on any atom is 0.412 e. The summed E-state index contributed by atoms with van der Waals surface area (Å²) in [5.74, 6) is -0.208. The number of anilines is 1. The van der Waals surface area contributed by atoms with E-state index >= 15 is 0 Å². The maximum absolute atomic E-state index is 13.2. The molecule has 1 saturated carbocycles. The van der Waals surface area contributed by atoms with Crippen LogP contribution in [0.3, 0.4) is 0 Å². The average molecular weight is 672 g/mol. The number of hydrogen-bond acceptors (Lipinski definition) is 4. The smallest absolute Gasteiger partial charge is 0.412 e. The van der Waals surface area contributed by atoms with Gasteiger partial charge in [0.25, 0.3) is 0 Å². The largest absolute Gasteiger partial charge is 0.481 e. The monoisotopic (exact) mass is 671 g/mol. The Morgan fingerprint density at radius 1 is 0.952 bits per heavy atom. The van der Waals surface area contributed by atoms with Gasteiger partial charge in [-0.1, -0.05) is 101 Å². The lowest BCUT2D eigenvalue weighted by molar-refractivity contribution is -0.140. The van der Waals surface area contributed by atoms with Gasteiger partial charge in [-0.3, -0.25) is 10.1 Å². The normalized spacial score (nSPS) is 14.4. The van der Waals surface area contributed by atoms with Crippen LogP contribution in [0.5, 0.6) is 0 Å². The molecular formula is C35H30INO5. The first-order valence-corrected chi connectivity index (χ1v) is 15.4. The summed E-state index contributed by atoms with van der Waals surface area (Å²) in [6, 6.07) is 29.5. The molecule has 7 heteroatoms. The minimum absolute atomic E-state index is 0.421. The summed E-state index contributed by atoms with van der Waals surface area (Å²) in [7, 11) is 0. The van der Waals surface area contributed by atoms with Gasteiger partial charge >= 0.3 is 12.1 Å². The second-order valence-corrected chi connectivity index (χ2v) is 11.6. The molecule has 0 bridgehead atoms. The summed E-state index contributed by atoms with van der Waals surface area (Å²) in [6.07, 6.45) is 0.391. The summed E-state index contributed by atoms with van der Waals surface area (Å²) in [5, 5.41) is 13.4. The Hall–Kier alpha value is -4.11. The number of carboxylic acids is 1. The number of carbonyl (C=O) groups excluding carboxylic acids is 1. The number of rotatable bonds is 8. The van der Waals surface area contributed by atoms with E-state index in [-0.39, 0.29) is 0 Å². The predicted molar refractivity (Wildman–Crippen MR) is 173 cm³/mol. The van der Waals surface area contributed by atoms with Gasteiger partial charge < -0.3 is 14.3 Å². The van der Waals surface area contributed by atoms with Crippen LogP contribution >= 0.6 is 22.6 Å². The molecule has 0 spiro atoms. The van der Waals surface area contributed by atoms with Crippen molar-refractivity contribution in [1.29, 1.82) is 0 Å². The molecular weight excluding hydrogens is 641 g/mol. The molecule has 6 nitrogen and oxygen atoms in total. The van der Waals surface area contributed by atoms with Gasteiger partial charge in [-0.05, 0) is 72.2 Å². The average Bonchev–Trinajstić information content (AvgIpc) is 3.75. The first-order valence-electron chi connectivity index (χ1n) is 13.9. The lowest BCUT2D eigenvalue weighted by Gasteiger charge is -2.17. The van der Waals surface area contributed by atoms with Gasteiger partial charge in [0.2, 0.25) is 0 Å². The third-order valence-corrected chi connectivity index (χ3v) is 8.89. The Labute approximate surface area is 257 Å². The molecule has 2 N–H and O–H groups in total. The van der Waals surface area contributed by atoms with E-state index in [2.05, 4.69) is 27.9 Å². The highest BCUT2D eigenvalue weighted by molar-refractivity contribution is 14.1. The number of aliphatic carboxylic acids is 1. The number of carbonyl (C=O) groups is 2. The molecule has 0 unspecified atom stereocenters. The van der Waals surface area contributed by atoms with Crippen molar-refractivity contribution in [2.24, 2.45) is 0 Å². The number of amides is 1. The topological polar surface area (TPSA) is 88.8 Å². The predicted octanol–water partition coefficient (Wildman–Crippen LogP) is 9.44. The molecule has 6 rings (SSSR count). The van der Waals surface area contributed by atoms with E-state index < -0.39 is 23.6 Å². The summed E-state index contributed by atoms with van der Waals surface area (Å²) >= 11 is 2.31. The number of nitrogens with one attached hydrogen (secondary N) is 1. The number of ether oxygens (including phenoxy) is 1. The Morgan fingerprint density at radius 3 is 2.24 bits per heavy atom. The molecule has 0 radical (unpaired) electrons. The minimum Gasteiger partial charge on any atom is -0.481 e. The van der Waals surface area contributed by atoms with Crippen molar-refractivity contribution in [3.05, 3.63) is 113 Å². The Bertz CT molecular complexity index is 1790. The summed E-state index contributed by atoms with van der Waals surface area (Å²) in [6.45, 7) is 3.87. The standard InChI is InChI=1S/C35H30INO5/c1-21-7-16-29-30(19-21)42-32(31(29)37-34(40)41-22(2)28-6-4-3-5-26(28)20-36)25-10-8-23(9-11-25)24-12-14-27(15-13-24)35(17-18-35)33(38)39/h3-16,19,22H,17-18,20H2,1-2H3,(H,37,40)(H,38,39)/t22-/m1/s1. The zero-order valence-corrected chi connectivity index (χ0v) is 25.5. The van der Waals surface area contributed by atoms with E-state index in [4.69, 9.17) is 9.15 Å². The molecule has 0 aliphatic heterocycles. The Kier molecular flexibility index (Phi) is 7.53. The van der Waals surface area contributed by atoms with E-state index in [1.165, 1.54) is 0 Å². The van der Waals surface area contributed by atoms with Crippen molar-refractivity contribution in [2.75, 3.05) is 5.32 Å².